The van der Waals surface area contributed by atoms with Crippen LogP contribution in [0.15, 0.2) is 58.5 Å². The van der Waals surface area contributed by atoms with Gasteiger partial charge in [-0.3, -0.25) is 0 Å². The van der Waals surface area contributed by atoms with Crippen LogP contribution >= 0.6 is 0 Å². The number of nitrogens with one attached hydrogen (secondary N) is 1. The fraction of sp³-hybridized carbons (Fsp3) is 0.250. The molecule has 0 spiro atoms. The Labute approximate surface area is 163 Å². The van der Waals surface area contributed by atoms with Crippen LogP contribution in [0.2, 0.25) is 0 Å². The second-order valence-corrected chi connectivity index (χ2v) is 8.89. The van der Waals surface area contributed by atoms with E-state index in [-0.39, 0.29) is 15.6 Å². The summed E-state index contributed by atoms with van der Waals surface area (Å²) in [6, 6.07) is 14.9. The summed E-state index contributed by atoms with van der Waals surface area (Å²) in [6.07, 6.45) is 3.03. The topological polar surface area (TPSA) is 95.2 Å². The third-order valence-corrected chi connectivity index (χ3v) is 6.70. The summed E-state index contributed by atoms with van der Waals surface area (Å²) in [5, 5.41) is 12.3. The van der Waals surface area contributed by atoms with E-state index in [1.165, 1.54) is 4.52 Å². The maximum atomic E-state index is 13.2. The highest BCUT2D eigenvalue weighted by Gasteiger charge is 2.33. The molecule has 142 valence electrons. The van der Waals surface area contributed by atoms with Gasteiger partial charge in [0.15, 0.2) is 4.90 Å². The first kappa shape index (κ1) is 17.3. The molecule has 1 saturated carbocycles. The molecule has 7 nitrogen and oxygen atoms in total. The number of anilines is 1. The molecule has 8 heteroatoms. The fourth-order valence-electron chi connectivity index (χ4n) is 3.27. The quantitative estimate of drug-likeness (QED) is 0.522. The summed E-state index contributed by atoms with van der Waals surface area (Å²) in [5.74, 6) is 0.672. The number of hydrogen-bond acceptors (Lipinski definition) is 6. The van der Waals surface area contributed by atoms with Crippen LogP contribution < -0.4 is 5.32 Å². The van der Waals surface area contributed by atoms with Gasteiger partial charge in [-0.1, -0.05) is 45.7 Å². The zero-order valence-corrected chi connectivity index (χ0v) is 16.1. The Balaban J connectivity index is 1.71. The van der Waals surface area contributed by atoms with Gasteiger partial charge >= 0.3 is 5.03 Å². The Kier molecular flexibility index (Phi) is 3.92. The monoisotopic (exact) mass is 393 g/mol. The van der Waals surface area contributed by atoms with Crippen LogP contribution in [-0.2, 0) is 20.8 Å². The molecule has 0 amide bonds. The molecular weight excluding hydrogens is 374 g/mol. The molecule has 1 fully saturated rings. The first-order valence-electron chi connectivity index (χ1n) is 9.32. The molecule has 1 atom stereocenters. The highest BCUT2D eigenvalue weighted by atomic mass is 32.3. The first-order chi connectivity index (χ1) is 13.6. The van der Waals surface area contributed by atoms with E-state index in [4.69, 9.17) is 0 Å². The summed E-state index contributed by atoms with van der Waals surface area (Å²) in [5.41, 5.74) is 2.08. The lowest BCUT2D eigenvalue weighted by Gasteiger charge is -2.13. The number of aryl methyl sites for hydroxylation is 1. The van der Waals surface area contributed by atoms with Crippen molar-refractivity contribution >= 4 is 32.6 Å². The van der Waals surface area contributed by atoms with Crippen molar-refractivity contribution in [1.29, 1.82) is 0 Å². The Morgan fingerprint density at radius 2 is 1.93 bits per heavy atom. The smallest absolute Gasteiger partial charge is 0.317 e. The highest BCUT2D eigenvalue weighted by molar-refractivity contribution is 7.97. The van der Waals surface area contributed by atoms with Gasteiger partial charge in [-0.15, -0.1) is 0 Å². The molecule has 1 N–H and O–H groups in total. The van der Waals surface area contributed by atoms with Crippen molar-refractivity contribution in [3.63, 3.8) is 0 Å². The van der Waals surface area contributed by atoms with Gasteiger partial charge in [-0.25, -0.2) is 4.98 Å². The van der Waals surface area contributed by atoms with Crippen LogP contribution in [0.4, 0.5) is 5.82 Å². The molecule has 2 aromatic heterocycles. The van der Waals surface area contributed by atoms with E-state index in [9.17, 15) is 8.76 Å². The van der Waals surface area contributed by atoms with Crippen molar-refractivity contribution in [2.24, 2.45) is 0 Å². The van der Waals surface area contributed by atoms with E-state index < -0.39 is 10.2 Å². The zero-order chi connectivity index (χ0) is 19.3. The predicted molar refractivity (Wildman–Crippen MR) is 106 cm³/mol. The van der Waals surface area contributed by atoms with E-state index >= 15 is 0 Å². The number of hydrogen-bond donors (Lipinski definition) is 1. The second kappa shape index (κ2) is 6.35. The summed E-state index contributed by atoms with van der Waals surface area (Å²) in [4.78, 5) is 4.81. The first-order valence-corrected chi connectivity index (χ1v) is 10.8. The average molecular weight is 393 g/mol. The minimum absolute atomic E-state index is 0.124. The summed E-state index contributed by atoms with van der Waals surface area (Å²) in [7, 11) is -3.83. The maximum absolute atomic E-state index is 13.2. The molecular formula is C20H19N5O2S. The van der Waals surface area contributed by atoms with Crippen molar-refractivity contribution in [3.05, 3.63) is 54.1 Å². The van der Waals surface area contributed by atoms with Crippen LogP contribution in [0.1, 0.15) is 25.3 Å². The van der Waals surface area contributed by atoms with E-state index in [0.717, 1.165) is 35.7 Å². The molecule has 2 aromatic carbocycles. The summed E-state index contributed by atoms with van der Waals surface area (Å²) >= 11 is 0. The molecule has 2 heterocycles. The van der Waals surface area contributed by atoms with E-state index in [1.54, 1.807) is 12.1 Å². The van der Waals surface area contributed by atoms with E-state index in [2.05, 4.69) is 20.6 Å². The SMILES string of the molecule is CCc1ccc([S+](=O)([O-])c2nnn3c2nc(NC2CC2)c2ccccc23)cc1. The zero-order valence-electron chi connectivity index (χ0n) is 15.3. The van der Waals surface area contributed by atoms with Crippen molar-refractivity contribution in [2.45, 2.75) is 42.1 Å². The van der Waals surface area contributed by atoms with Crippen molar-refractivity contribution < 1.29 is 8.76 Å². The molecule has 5 rings (SSSR count). The molecule has 0 bridgehead atoms. The van der Waals surface area contributed by atoms with Crippen LogP contribution in [0.5, 0.6) is 0 Å². The molecule has 1 unspecified atom stereocenters. The third kappa shape index (κ3) is 2.76. The van der Waals surface area contributed by atoms with Crippen LogP contribution in [0.3, 0.4) is 0 Å². The van der Waals surface area contributed by atoms with Crippen LogP contribution in [0, 0.1) is 0 Å². The molecule has 4 aromatic rings. The van der Waals surface area contributed by atoms with Gasteiger partial charge in [0.05, 0.1) is 5.52 Å². The Morgan fingerprint density at radius 1 is 1.18 bits per heavy atom. The maximum Gasteiger partial charge on any atom is 0.317 e. The van der Waals surface area contributed by atoms with Gasteiger partial charge in [0.1, 0.15) is 16.0 Å². The molecule has 1 aliphatic carbocycles. The number of sulfone groups is 1. The Morgan fingerprint density at radius 3 is 2.64 bits per heavy atom. The van der Waals surface area contributed by atoms with Crippen LogP contribution in [-0.4, -0.2) is 30.4 Å². The summed E-state index contributed by atoms with van der Waals surface area (Å²) in [6.45, 7) is 2.03. The molecule has 28 heavy (non-hydrogen) atoms. The Bertz CT molecular complexity index is 1230. The lowest BCUT2D eigenvalue weighted by atomic mass is 10.2. The number of para-hydroxylation sites is 1. The minimum Gasteiger partial charge on any atom is -0.604 e. The van der Waals surface area contributed by atoms with Gasteiger partial charge in [0.2, 0.25) is 5.65 Å². The van der Waals surface area contributed by atoms with Crippen LogP contribution in [0.25, 0.3) is 16.6 Å². The number of nitrogens with zero attached hydrogens (tertiary/aromatic N) is 4. The number of benzene rings is 2. The predicted octanol–water partition coefficient (Wildman–Crippen LogP) is 3.46. The van der Waals surface area contributed by atoms with Crippen molar-refractivity contribution in [2.75, 3.05) is 5.32 Å². The van der Waals surface area contributed by atoms with Gasteiger partial charge in [0.25, 0.3) is 0 Å². The van der Waals surface area contributed by atoms with Gasteiger partial charge in [-0.2, -0.15) is 4.52 Å². The molecule has 0 aliphatic heterocycles. The summed E-state index contributed by atoms with van der Waals surface area (Å²) < 4.78 is 27.9. The standard InChI is InChI=1S/C20H19N5O2S/c1-2-13-7-11-15(12-8-13)28(26,27)20-19-22-18(21-14-9-10-14)16-5-3-4-6-17(16)25(19)24-23-20/h3-8,11-12,14H,2,9-10H2,1H3,(H-,21,22,26,27). The van der Waals surface area contributed by atoms with Gasteiger partial charge in [0, 0.05) is 11.4 Å². The lowest BCUT2D eigenvalue weighted by molar-refractivity contribution is 0.475. The van der Waals surface area contributed by atoms with Gasteiger partial charge < -0.3 is 9.87 Å². The average Bonchev–Trinajstić information content (AvgIpc) is 3.43. The Hall–Kier alpha value is -2.84. The number of fused-ring (bicyclic) bond motifs is 3. The third-order valence-electron chi connectivity index (χ3n) is 5.04. The second-order valence-electron chi connectivity index (χ2n) is 7.03. The number of rotatable bonds is 5. The molecule has 0 saturated heterocycles. The largest absolute Gasteiger partial charge is 0.604 e. The molecule has 1 aliphatic rings. The minimum atomic E-state index is -3.83. The lowest BCUT2D eigenvalue weighted by Crippen LogP contribution is -2.13. The number of aromatic nitrogens is 4. The van der Waals surface area contributed by atoms with Crippen molar-refractivity contribution in [1.82, 2.24) is 19.8 Å². The molecule has 0 radical (unpaired) electrons. The van der Waals surface area contributed by atoms with E-state index in [0.29, 0.717) is 11.9 Å². The van der Waals surface area contributed by atoms with Gasteiger partial charge in [-0.05, 0) is 49.1 Å². The van der Waals surface area contributed by atoms with E-state index in [1.807, 2.05) is 43.3 Å². The highest BCUT2D eigenvalue weighted by Crippen LogP contribution is 2.32. The van der Waals surface area contributed by atoms with Crippen molar-refractivity contribution in [3.8, 4) is 0 Å². The normalized spacial score (nSPS) is 16.4. The fourth-order valence-corrected chi connectivity index (χ4v) is 4.50.